The highest BCUT2D eigenvalue weighted by molar-refractivity contribution is 5.95. The Bertz CT molecular complexity index is 1240. The fourth-order valence-corrected chi connectivity index (χ4v) is 4.03. The molecule has 14 nitrogen and oxygen atoms in total. The Labute approximate surface area is 229 Å². The lowest BCUT2D eigenvalue weighted by molar-refractivity contribution is -0.143. The summed E-state index contributed by atoms with van der Waals surface area (Å²) in [5.74, 6) is -7.00. The van der Waals surface area contributed by atoms with Crippen LogP contribution in [0.25, 0.3) is 10.9 Å². The van der Waals surface area contributed by atoms with E-state index in [0.29, 0.717) is 12.0 Å². The van der Waals surface area contributed by atoms with Crippen molar-refractivity contribution < 1.29 is 44.1 Å². The molecule has 2 aromatic rings. The Morgan fingerprint density at radius 1 is 0.900 bits per heavy atom. The second kappa shape index (κ2) is 14.6. The van der Waals surface area contributed by atoms with E-state index in [4.69, 9.17) is 15.9 Å². The fourth-order valence-electron chi connectivity index (χ4n) is 4.03. The van der Waals surface area contributed by atoms with Crippen LogP contribution in [-0.4, -0.2) is 80.1 Å². The first kappa shape index (κ1) is 31.8. The number of amides is 3. The zero-order chi connectivity index (χ0) is 30.0. The summed E-state index contributed by atoms with van der Waals surface area (Å²) in [5, 5.41) is 35.8. The quantitative estimate of drug-likeness (QED) is 0.136. The van der Waals surface area contributed by atoms with E-state index in [0.717, 1.165) is 10.9 Å². The zero-order valence-corrected chi connectivity index (χ0v) is 22.2. The van der Waals surface area contributed by atoms with Crippen LogP contribution in [0, 0.1) is 5.92 Å². The van der Waals surface area contributed by atoms with Gasteiger partial charge in [0.15, 0.2) is 0 Å². The first-order valence-corrected chi connectivity index (χ1v) is 12.7. The van der Waals surface area contributed by atoms with Crippen LogP contribution in [0.5, 0.6) is 0 Å². The van der Waals surface area contributed by atoms with Crippen molar-refractivity contribution >= 4 is 46.5 Å². The Hall–Kier alpha value is -4.46. The molecule has 0 radical (unpaired) electrons. The van der Waals surface area contributed by atoms with Crippen molar-refractivity contribution in [1.29, 1.82) is 0 Å². The molecule has 14 heteroatoms. The van der Waals surface area contributed by atoms with Crippen LogP contribution in [0.3, 0.4) is 0 Å². The van der Waals surface area contributed by atoms with Gasteiger partial charge in [-0.2, -0.15) is 0 Å². The number of carbonyl (C=O) groups excluding carboxylic acids is 3. The number of nitrogens with two attached hydrogens (primary N) is 1. The first-order valence-electron chi connectivity index (χ1n) is 12.7. The molecule has 0 bridgehead atoms. The summed E-state index contributed by atoms with van der Waals surface area (Å²) in [6.45, 7) is 3.38. The topological polar surface area (TPSA) is 241 Å². The van der Waals surface area contributed by atoms with Crippen LogP contribution in [0.2, 0.25) is 0 Å². The molecule has 40 heavy (non-hydrogen) atoms. The van der Waals surface area contributed by atoms with E-state index >= 15 is 0 Å². The summed E-state index contributed by atoms with van der Waals surface area (Å²) in [6, 6.07) is 1.72. The molecule has 0 saturated heterocycles. The maximum absolute atomic E-state index is 13.2. The molecule has 3 amide bonds. The van der Waals surface area contributed by atoms with Gasteiger partial charge in [0.05, 0.1) is 12.5 Å². The Kier molecular flexibility index (Phi) is 11.6. The van der Waals surface area contributed by atoms with Gasteiger partial charge in [0.2, 0.25) is 17.7 Å². The van der Waals surface area contributed by atoms with Gasteiger partial charge in [-0.15, -0.1) is 0 Å². The van der Waals surface area contributed by atoms with Crippen molar-refractivity contribution in [2.24, 2.45) is 11.7 Å². The number of hydrogen-bond acceptors (Lipinski definition) is 7. The number of aromatic nitrogens is 1. The molecule has 0 aliphatic carbocycles. The second-order valence-corrected chi connectivity index (χ2v) is 9.53. The molecule has 1 heterocycles. The monoisotopic (exact) mass is 561 g/mol. The van der Waals surface area contributed by atoms with Crippen molar-refractivity contribution in [3.05, 3.63) is 36.0 Å². The Morgan fingerprint density at radius 2 is 1.55 bits per heavy atom. The van der Waals surface area contributed by atoms with Gasteiger partial charge in [-0.1, -0.05) is 38.5 Å². The largest absolute Gasteiger partial charge is 0.481 e. The van der Waals surface area contributed by atoms with E-state index in [1.165, 1.54) is 0 Å². The number of rotatable bonds is 16. The third kappa shape index (κ3) is 9.08. The zero-order valence-electron chi connectivity index (χ0n) is 22.2. The van der Waals surface area contributed by atoms with Crippen LogP contribution in [0.1, 0.15) is 45.1 Å². The SMILES string of the molecule is CCC(C)C(NC(=O)C(N)CC(=O)O)C(=O)NC(CCC(=O)O)C(=O)NC(Cc1c[nH]c2ccccc12)C(=O)O. The van der Waals surface area contributed by atoms with Gasteiger partial charge in [-0.25, -0.2) is 4.79 Å². The number of carboxylic acids is 3. The van der Waals surface area contributed by atoms with Crippen LogP contribution >= 0.6 is 0 Å². The minimum atomic E-state index is -1.44. The van der Waals surface area contributed by atoms with Gasteiger partial charge in [-0.05, 0) is 24.0 Å². The van der Waals surface area contributed by atoms with E-state index in [2.05, 4.69) is 20.9 Å². The van der Waals surface area contributed by atoms with Gasteiger partial charge in [0, 0.05) is 29.9 Å². The molecular weight excluding hydrogens is 526 g/mol. The predicted octanol–water partition coefficient (Wildman–Crippen LogP) is -0.0377. The molecule has 1 aromatic carbocycles. The predicted molar refractivity (Wildman–Crippen MR) is 142 cm³/mol. The van der Waals surface area contributed by atoms with E-state index in [9.17, 15) is 33.9 Å². The minimum absolute atomic E-state index is 0.0856. The number of aliphatic carboxylic acids is 3. The van der Waals surface area contributed by atoms with Gasteiger partial charge >= 0.3 is 17.9 Å². The van der Waals surface area contributed by atoms with Crippen LogP contribution in [-0.2, 0) is 35.2 Å². The summed E-state index contributed by atoms with van der Waals surface area (Å²) in [5.41, 5.74) is 7.01. The highest BCUT2D eigenvalue weighted by atomic mass is 16.4. The molecule has 2 rings (SSSR count). The smallest absolute Gasteiger partial charge is 0.326 e. The fraction of sp³-hybridized carbons (Fsp3) is 0.462. The minimum Gasteiger partial charge on any atom is -0.481 e. The molecule has 0 aliphatic heterocycles. The number of nitrogens with one attached hydrogen (secondary N) is 4. The molecule has 218 valence electrons. The van der Waals surface area contributed by atoms with Crippen LogP contribution < -0.4 is 21.7 Å². The van der Waals surface area contributed by atoms with E-state index in [1.807, 2.05) is 12.1 Å². The third-order valence-electron chi connectivity index (χ3n) is 6.52. The number of para-hydroxylation sites is 1. The summed E-state index contributed by atoms with van der Waals surface area (Å²) in [6.07, 6.45) is 0.415. The van der Waals surface area contributed by atoms with E-state index in [-0.39, 0.29) is 12.8 Å². The highest BCUT2D eigenvalue weighted by Crippen LogP contribution is 2.19. The van der Waals surface area contributed by atoms with Gasteiger partial charge in [0.1, 0.15) is 18.1 Å². The molecule has 0 spiro atoms. The molecule has 5 unspecified atom stereocenters. The van der Waals surface area contributed by atoms with E-state index in [1.54, 1.807) is 32.2 Å². The highest BCUT2D eigenvalue weighted by Gasteiger charge is 2.33. The lowest BCUT2D eigenvalue weighted by atomic mass is 9.97. The number of fused-ring (bicyclic) bond motifs is 1. The molecule has 1 aromatic heterocycles. The van der Waals surface area contributed by atoms with Gasteiger partial charge < -0.3 is 42.0 Å². The summed E-state index contributed by atoms with van der Waals surface area (Å²) in [7, 11) is 0. The van der Waals surface area contributed by atoms with Gasteiger partial charge in [0.25, 0.3) is 0 Å². The standard InChI is InChI=1S/C26H35N5O9/c1-3-13(2)22(31-23(36)16(27)11-21(34)35)25(38)29-18(8-9-20(32)33)24(37)30-19(26(39)40)10-14-12-28-17-7-5-4-6-15(14)17/h4-7,12-13,16,18-19,22,28H,3,8-11,27H2,1-2H3,(H,29,38)(H,30,37)(H,31,36)(H,32,33)(H,34,35)(H,39,40). The van der Waals surface area contributed by atoms with Crippen molar-refractivity contribution in [1.82, 2.24) is 20.9 Å². The maximum Gasteiger partial charge on any atom is 0.326 e. The summed E-state index contributed by atoms with van der Waals surface area (Å²) in [4.78, 5) is 75.9. The van der Waals surface area contributed by atoms with Crippen LogP contribution in [0.4, 0.5) is 0 Å². The van der Waals surface area contributed by atoms with E-state index < -0.39 is 78.6 Å². The normalized spacial score (nSPS) is 14.8. The van der Waals surface area contributed by atoms with Crippen molar-refractivity contribution in [2.75, 3.05) is 0 Å². The molecule has 0 aliphatic rings. The average molecular weight is 562 g/mol. The molecule has 5 atom stereocenters. The summed E-state index contributed by atoms with van der Waals surface area (Å²) < 4.78 is 0. The lowest BCUT2D eigenvalue weighted by Gasteiger charge is -2.27. The molecule has 0 fully saturated rings. The first-order chi connectivity index (χ1) is 18.8. The number of carbonyl (C=O) groups is 6. The lowest BCUT2D eigenvalue weighted by Crippen LogP contribution is -2.59. The van der Waals surface area contributed by atoms with Crippen molar-refractivity contribution in [2.45, 2.75) is 70.1 Å². The van der Waals surface area contributed by atoms with Crippen LogP contribution in [0.15, 0.2) is 30.5 Å². The third-order valence-corrected chi connectivity index (χ3v) is 6.52. The van der Waals surface area contributed by atoms with Crippen molar-refractivity contribution in [3.8, 4) is 0 Å². The van der Waals surface area contributed by atoms with Crippen molar-refractivity contribution in [3.63, 3.8) is 0 Å². The second-order valence-electron chi connectivity index (χ2n) is 9.53. The summed E-state index contributed by atoms with van der Waals surface area (Å²) >= 11 is 0. The molecule has 9 N–H and O–H groups in total. The molecule has 0 saturated carbocycles. The number of benzene rings is 1. The van der Waals surface area contributed by atoms with Gasteiger partial charge in [-0.3, -0.25) is 24.0 Å². The number of hydrogen-bond donors (Lipinski definition) is 8. The maximum atomic E-state index is 13.2. The number of H-pyrrole nitrogens is 1. The molecular formula is C26H35N5O9. The Morgan fingerprint density at radius 3 is 2.15 bits per heavy atom. The number of aromatic amines is 1. The number of carboxylic acid groups (broad SMARTS) is 3. The average Bonchev–Trinajstić information content (AvgIpc) is 3.30. The Balaban J connectivity index is 2.22.